The van der Waals surface area contributed by atoms with E-state index in [1.54, 1.807) is 6.20 Å². The van der Waals surface area contributed by atoms with Gasteiger partial charge in [0.2, 0.25) is 0 Å². The molecule has 2 aromatic heterocycles. The molecule has 28 heavy (non-hydrogen) atoms. The second-order valence-corrected chi connectivity index (χ2v) is 7.09. The molecule has 146 valence electrons. The Morgan fingerprint density at radius 1 is 1.07 bits per heavy atom. The number of amides is 1. The van der Waals surface area contributed by atoms with E-state index in [1.807, 2.05) is 48.5 Å². The molecule has 1 amide bonds. The van der Waals surface area contributed by atoms with Gasteiger partial charge >= 0.3 is 0 Å². The molecule has 0 saturated carbocycles. The van der Waals surface area contributed by atoms with Crippen LogP contribution in [0.2, 0.25) is 0 Å². The lowest BCUT2D eigenvalue weighted by molar-refractivity contribution is 0.0946. The van der Waals surface area contributed by atoms with E-state index in [9.17, 15) is 4.79 Å². The maximum atomic E-state index is 13.0. The first-order chi connectivity index (χ1) is 13.6. The van der Waals surface area contributed by atoms with Crippen LogP contribution in [0.15, 0.2) is 54.7 Å². The zero-order chi connectivity index (χ0) is 19.9. The average Bonchev–Trinajstić information content (AvgIpc) is 2.75. The summed E-state index contributed by atoms with van der Waals surface area (Å²) in [4.78, 5) is 24.4. The molecular formula is C23H28N4O. The maximum absolute atomic E-state index is 13.0. The lowest BCUT2D eigenvalue weighted by Gasteiger charge is -2.23. The van der Waals surface area contributed by atoms with Crippen LogP contribution in [0.3, 0.4) is 0 Å². The van der Waals surface area contributed by atoms with E-state index in [-0.39, 0.29) is 5.91 Å². The van der Waals surface area contributed by atoms with Crippen molar-refractivity contribution in [3.8, 4) is 11.4 Å². The topological polar surface area (TPSA) is 58.1 Å². The van der Waals surface area contributed by atoms with Crippen LogP contribution in [0, 0.1) is 5.92 Å². The zero-order valence-corrected chi connectivity index (χ0v) is 16.9. The lowest BCUT2D eigenvalue weighted by atomic mass is 10.0. The Balaban J connectivity index is 1.84. The Kier molecular flexibility index (Phi) is 6.71. The summed E-state index contributed by atoms with van der Waals surface area (Å²) in [5.74, 6) is 0.314. The number of benzene rings is 1. The largest absolute Gasteiger partial charge is 0.352 e. The molecule has 0 aliphatic rings. The fourth-order valence-corrected chi connectivity index (χ4v) is 3.36. The van der Waals surface area contributed by atoms with Crippen molar-refractivity contribution in [2.75, 3.05) is 26.2 Å². The Bertz CT molecular complexity index is 922. The molecule has 2 heterocycles. The van der Waals surface area contributed by atoms with Gasteiger partial charge < -0.3 is 10.2 Å². The molecule has 3 rings (SSSR count). The zero-order valence-electron chi connectivity index (χ0n) is 16.9. The number of nitrogens with zero attached hydrogens (tertiary/aromatic N) is 3. The van der Waals surface area contributed by atoms with Crippen molar-refractivity contribution in [1.82, 2.24) is 20.2 Å². The first-order valence-electron chi connectivity index (χ1n) is 9.94. The number of hydrogen-bond donors (Lipinski definition) is 1. The third-order valence-corrected chi connectivity index (χ3v) is 4.96. The van der Waals surface area contributed by atoms with Gasteiger partial charge in [0, 0.05) is 24.7 Å². The molecule has 0 aliphatic heterocycles. The quantitative estimate of drug-likeness (QED) is 0.645. The second kappa shape index (κ2) is 9.42. The van der Waals surface area contributed by atoms with E-state index in [1.165, 1.54) is 0 Å². The number of carbonyl (C=O) groups excluding carboxylic acids is 1. The molecule has 0 bridgehead atoms. The number of hydrogen-bond acceptors (Lipinski definition) is 4. The monoisotopic (exact) mass is 376 g/mol. The van der Waals surface area contributed by atoms with E-state index in [2.05, 4.69) is 36.0 Å². The van der Waals surface area contributed by atoms with Gasteiger partial charge in [-0.05, 0) is 43.3 Å². The molecule has 5 heteroatoms. The minimum Gasteiger partial charge on any atom is -0.352 e. The standard InChI is InChI=1S/C23H28N4O/c1-4-27(5-2)16-17(3)15-25-23(28)19-14-22(21-12-8-9-13-24-21)26-20-11-7-6-10-18(19)20/h6-14,17H,4-5,15-16H2,1-3H3,(H,25,28)/t17-/m0/s1. The van der Waals surface area contributed by atoms with Crippen LogP contribution in [0.25, 0.3) is 22.3 Å². The van der Waals surface area contributed by atoms with Gasteiger partial charge in [0.15, 0.2) is 0 Å². The SMILES string of the molecule is CCN(CC)C[C@@H](C)CNC(=O)c1cc(-c2ccccn2)nc2ccccc12. The number of para-hydroxylation sites is 1. The molecule has 1 aromatic carbocycles. The molecule has 0 saturated heterocycles. The van der Waals surface area contributed by atoms with Gasteiger partial charge in [-0.3, -0.25) is 9.78 Å². The third kappa shape index (κ3) is 4.73. The van der Waals surface area contributed by atoms with Gasteiger partial charge in [0.1, 0.15) is 0 Å². The summed E-state index contributed by atoms with van der Waals surface area (Å²) in [7, 11) is 0. The Hall–Kier alpha value is -2.79. The summed E-state index contributed by atoms with van der Waals surface area (Å²) in [6, 6.07) is 15.3. The smallest absolute Gasteiger partial charge is 0.252 e. The van der Waals surface area contributed by atoms with Crippen LogP contribution in [0.4, 0.5) is 0 Å². The van der Waals surface area contributed by atoms with Crippen molar-refractivity contribution in [3.63, 3.8) is 0 Å². The van der Waals surface area contributed by atoms with E-state index >= 15 is 0 Å². The third-order valence-electron chi connectivity index (χ3n) is 4.96. The molecule has 1 atom stereocenters. The second-order valence-electron chi connectivity index (χ2n) is 7.09. The molecule has 0 radical (unpaired) electrons. The van der Waals surface area contributed by atoms with Gasteiger partial charge in [-0.15, -0.1) is 0 Å². The molecule has 5 nitrogen and oxygen atoms in total. The summed E-state index contributed by atoms with van der Waals surface area (Å²) in [6.07, 6.45) is 1.74. The van der Waals surface area contributed by atoms with Gasteiger partial charge in [0.05, 0.1) is 22.5 Å². The number of aromatic nitrogens is 2. The van der Waals surface area contributed by atoms with Crippen LogP contribution >= 0.6 is 0 Å². The highest BCUT2D eigenvalue weighted by Gasteiger charge is 2.15. The Morgan fingerprint density at radius 2 is 1.82 bits per heavy atom. The summed E-state index contributed by atoms with van der Waals surface area (Å²) >= 11 is 0. The molecule has 0 unspecified atom stereocenters. The molecule has 3 aromatic rings. The molecule has 0 spiro atoms. The van der Waals surface area contributed by atoms with Gasteiger partial charge in [0.25, 0.3) is 5.91 Å². The minimum atomic E-state index is -0.0674. The molecule has 0 fully saturated rings. The Labute approximate surface area is 166 Å². The van der Waals surface area contributed by atoms with Crippen LogP contribution in [0.1, 0.15) is 31.1 Å². The van der Waals surface area contributed by atoms with Crippen molar-refractivity contribution in [2.45, 2.75) is 20.8 Å². The first-order valence-corrected chi connectivity index (χ1v) is 9.94. The lowest BCUT2D eigenvalue weighted by Crippen LogP contribution is -2.35. The van der Waals surface area contributed by atoms with Crippen molar-refractivity contribution >= 4 is 16.8 Å². The number of nitrogens with one attached hydrogen (secondary N) is 1. The van der Waals surface area contributed by atoms with E-state index in [0.717, 1.165) is 36.2 Å². The number of rotatable bonds is 8. The fraction of sp³-hybridized carbons (Fsp3) is 0.348. The fourth-order valence-electron chi connectivity index (χ4n) is 3.36. The number of carbonyl (C=O) groups is 1. The molecule has 0 aliphatic carbocycles. The predicted octanol–water partition coefficient (Wildman–Crippen LogP) is 4.00. The minimum absolute atomic E-state index is 0.0674. The normalized spacial score (nSPS) is 12.3. The van der Waals surface area contributed by atoms with Crippen LogP contribution in [-0.4, -0.2) is 47.0 Å². The molecular weight excluding hydrogens is 348 g/mol. The van der Waals surface area contributed by atoms with Gasteiger partial charge in [-0.25, -0.2) is 4.98 Å². The average molecular weight is 377 g/mol. The summed E-state index contributed by atoms with van der Waals surface area (Å²) in [6.45, 7) is 10.2. The van der Waals surface area contributed by atoms with E-state index < -0.39 is 0 Å². The number of fused-ring (bicyclic) bond motifs is 1. The van der Waals surface area contributed by atoms with Crippen LogP contribution in [0.5, 0.6) is 0 Å². The first kappa shape index (κ1) is 20.0. The van der Waals surface area contributed by atoms with Crippen LogP contribution in [-0.2, 0) is 0 Å². The van der Waals surface area contributed by atoms with Crippen molar-refractivity contribution in [1.29, 1.82) is 0 Å². The van der Waals surface area contributed by atoms with Gasteiger partial charge in [-0.2, -0.15) is 0 Å². The van der Waals surface area contributed by atoms with Crippen LogP contribution < -0.4 is 5.32 Å². The van der Waals surface area contributed by atoms with E-state index in [4.69, 9.17) is 4.98 Å². The van der Waals surface area contributed by atoms with Crippen molar-refractivity contribution < 1.29 is 4.79 Å². The number of pyridine rings is 2. The highest BCUT2D eigenvalue weighted by molar-refractivity contribution is 6.07. The van der Waals surface area contributed by atoms with Crippen molar-refractivity contribution in [2.24, 2.45) is 5.92 Å². The van der Waals surface area contributed by atoms with Gasteiger partial charge in [-0.1, -0.05) is 45.0 Å². The van der Waals surface area contributed by atoms with Crippen molar-refractivity contribution in [3.05, 3.63) is 60.3 Å². The predicted molar refractivity (Wildman–Crippen MR) is 114 cm³/mol. The van der Waals surface area contributed by atoms with E-state index in [0.29, 0.717) is 23.7 Å². The highest BCUT2D eigenvalue weighted by Crippen LogP contribution is 2.23. The highest BCUT2D eigenvalue weighted by atomic mass is 16.1. The summed E-state index contributed by atoms with van der Waals surface area (Å²) in [5.41, 5.74) is 2.91. The Morgan fingerprint density at radius 3 is 2.54 bits per heavy atom. The summed E-state index contributed by atoms with van der Waals surface area (Å²) < 4.78 is 0. The summed E-state index contributed by atoms with van der Waals surface area (Å²) in [5, 5.41) is 3.97. The maximum Gasteiger partial charge on any atom is 0.252 e. The molecule has 1 N–H and O–H groups in total.